The Balaban J connectivity index is 2.65. The first kappa shape index (κ1) is 15.4. The second-order valence-electron chi connectivity index (χ2n) is 6.41. The molecule has 0 saturated carbocycles. The molecular weight excluding hydrogens is 262 g/mol. The molecule has 0 atom stereocenters. The van der Waals surface area contributed by atoms with E-state index < -0.39 is 5.54 Å². The summed E-state index contributed by atoms with van der Waals surface area (Å²) in [7, 11) is 0. The highest BCUT2D eigenvalue weighted by Crippen LogP contribution is 2.20. The van der Waals surface area contributed by atoms with Crippen LogP contribution in [0.5, 0.6) is 0 Å². The summed E-state index contributed by atoms with van der Waals surface area (Å²) in [5, 5.41) is 4.51. The molecular formula is C17H23N3O. The maximum absolute atomic E-state index is 12.6. The van der Waals surface area contributed by atoms with Crippen molar-refractivity contribution in [3.63, 3.8) is 0 Å². The molecule has 1 aromatic carbocycles. The summed E-state index contributed by atoms with van der Waals surface area (Å²) in [6, 6.07) is 11.7. The minimum absolute atomic E-state index is 0.101. The van der Waals surface area contributed by atoms with Gasteiger partial charge in [-0.05, 0) is 25.8 Å². The molecule has 21 heavy (non-hydrogen) atoms. The normalized spacial score (nSPS) is 11.9. The van der Waals surface area contributed by atoms with Crippen molar-refractivity contribution in [3.8, 4) is 11.3 Å². The molecule has 0 aliphatic rings. The Labute approximate surface area is 125 Å². The lowest BCUT2D eigenvalue weighted by atomic mass is 9.95. The lowest BCUT2D eigenvalue weighted by molar-refractivity contribution is 0.448. The Hall–Kier alpha value is -1.94. The van der Waals surface area contributed by atoms with Crippen LogP contribution in [0.2, 0.25) is 0 Å². The molecule has 0 saturated heterocycles. The fraction of sp³-hybridized carbons (Fsp3) is 0.412. The van der Waals surface area contributed by atoms with Crippen molar-refractivity contribution < 1.29 is 0 Å². The minimum atomic E-state index is -0.692. The van der Waals surface area contributed by atoms with Gasteiger partial charge in [-0.2, -0.15) is 5.10 Å². The van der Waals surface area contributed by atoms with E-state index in [2.05, 4.69) is 18.9 Å². The number of nitrogens with zero attached hydrogens (tertiary/aromatic N) is 2. The fourth-order valence-electron chi connectivity index (χ4n) is 2.22. The molecule has 4 heteroatoms. The summed E-state index contributed by atoms with van der Waals surface area (Å²) >= 11 is 0. The molecule has 0 aliphatic carbocycles. The van der Waals surface area contributed by atoms with Crippen LogP contribution in [0.1, 0.15) is 33.3 Å². The van der Waals surface area contributed by atoms with Gasteiger partial charge in [-0.3, -0.25) is 4.79 Å². The molecule has 2 aromatic rings. The van der Waals surface area contributed by atoms with Crippen molar-refractivity contribution in [2.24, 2.45) is 11.7 Å². The van der Waals surface area contributed by atoms with Crippen LogP contribution < -0.4 is 11.3 Å². The van der Waals surface area contributed by atoms with Crippen molar-refractivity contribution in [1.29, 1.82) is 0 Å². The maximum Gasteiger partial charge on any atom is 0.271 e. The van der Waals surface area contributed by atoms with Crippen molar-refractivity contribution in [2.45, 2.75) is 39.8 Å². The minimum Gasteiger partial charge on any atom is -0.322 e. The van der Waals surface area contributed by atoms with Gasteiger partial charge in [0.1, 0.15) is 0 Å². The zero-order chi connectivity index (χ0) is 15.6. The highest BCUT2D eigenvalue weighted by Gasteiger charge is 2.22. The predicted molar refractivity (Wildman–Crippen MR) is 86.0 cm³/mol. The third-order valence-electron chi connectivity index (χ3n) is 3.28. The molecule has 4 nitrogen and oxygen atoms in total. The SMILES string of the molecule is CC(C)Cn1nc(-c2ccccc2)cc(C(C)(C)N)c1=O. The van der Waals surface area contributed by atoms with Crippen LogP contribution in [0, 0.1) is 5.92 Å². The molecule has 0 fully saturated rings. The average molecular weight is 285 g/mol. The standard InChI is InChI=1S/C17H23N3O/c1-12(2)11-20-16(21)14(17(3,4)18)10-15(19-20)13-8-6-5-7-9-13/h5-10,12H,11,18H2,1-4H3. The number of rotatable bonds is 4. The van der Waals surface area contributed by atoms with E-state index in [1.807, 2.05) is 50.2 Å². The molecule has 0 amide bonds. The Kier molecular flexibility index (Phi) is 4.28. The lowest BCUT2D eigenvalue weighted by Gasteiger charge is -2.21. The van der Waals surface area contributed by atoms with Crippen LogP contribution in [-0.4, -0.2) is 9.78 Å². The molecule has 1 aromatic heterocycles. The molecule has 0 spiro atoms. The van der Waals surface area contributed by atoms with Crippen molar-refractivity contribution in [3.05, 3.63) is 52.3 Å². The van der Waals surface area contributed by atoms with E-state index >= 15 is 0 Å². The summed E-state index contributed by atoms with van der Waals surface area (Å²) in [5.41, 5.74) is 7.73. The Morgan fingerprint density at radius 1 is 1.24 bits per heavy atom. The molecule has 1 heterocycles. The first-order valence-corrected chi connectivity index (χ1v) is 7.26. The molecule has 112 valence electrons. The molecule has 0 radical (unpaired) electrons. The van der Waals surface area contributed by atoms with E-state index in [0.29, 0.717) is 18.0 Å². The molecule has 2 rings (SSSR count). The number of aromatic nitrogens is 2. The fourth-order valence-corrected chi connectivity index (χ4v) is 2.22. The molecule has 0 unspecified atom stereocenters. The smallest absolute Gasteiger partial charge is 0.271 e. The Morgan fingerprint density at radius 3 is 2.38 bits per heavy atom. The first-order chi connectivity index (χ1) is 9.79. The Bertz CT molecular complexity index is 667. The maximum atomic E-state index is 12.6. The van der Waals surface area contributed by atoms with E-state index in [9.17, 15) is 4.79 Å². The first-order valence-electron chi connectivity index (χ1n) is 7.26. The van der Waals surface area contributed by atoms with Gasteiger partial charge in [0.2, 0.25) is 0 Å². The highest BCUT2D eigenvalue weighted by molar-refractivity contribution is 5.59. The van der Waals surface area contributed by atoms with Crippen molar-refractivity contribution >= 4 is 0 Å². The summed E-state index contributed by atoms with van der Waals surface area (Å²) in [6.07, 6.45) is 0. The van der Waals surface area contributed by atoms with Crippen LogP contribution in [0.25, 0.3) is 11.3 Å². The lowest BCUT2D eigenvalue weighted by Crippen LogP contribution is -2.39. The predicted octanol–water partition coefficient (Wildman–Crippen LogP) is 2.76. The zero-order valence-electron chi connectivity index (χ0n) is 13.1. The highest BCUT2D eigenvalue weighted by atomic mass is 16.1. The van der Waals surface area contributed by atoms with Crippen molar-refractivity contribution in [2.75, 3.05) is 0 Å². The van der Waals surface area contributed by atoms with Crippen LogP contribution in [0.3, 0.4) is 0 Å². The topological polar surface area (TPSA) is 60.9 Å². The van der Waals surface area contributed by atoms with E-state index in [0.717, 1.165) is 11.3 Å². The van der Waals surface area contributed by atoms with Gasteiger partial charge in [0.25, 0.3) is 5.56 Å². The van der Waals surface area contributed by atoms with Gasteiger partial charge in [0, 0.05) is 23.2 Å². The Morgan fingerprint density at radius 2 is 1.86 bits per heavy atom. The summed E-state index contributed by atoms with van der Waals surface area (Å²) in [5.74, 6) is 0.343. The van der Waals surface area contributed by atoms with Crippen LogP contribution >= 0.6 is 0 Å². The number of hydrogen-bond donors (Lipinski definition) is 1. The van der Waals surface area contributed by atoms with Crippen LogP contribution in [0.4, 0.5) is 0 Å². The number of nitrogens with two attached hydrogens (primary N) is 1. The van der Waals surface area contributed by atoms with E-state index in [-0.39, 0.29) is 5.56 Å². The quantitative estimate of drug-likeness (QED) is 0.939. The third kappa shape index (κ3) is 3.58. The van der Waals surface area contributed by atoms with Crippen molar-refractivity contribution in [1.82, 2.24) is 9.78 Å². The van der Waals surface area contributed by atoms with Gasteiger partial charge >= 0.3 is 0 Å². The number of benzene rings is 1. The molecule has 0 aliphatic heterocycles. The third-order valence-corrected chi connectivity index (χ3v) is 3.28. The average Bonchev–Trinajstić information content (AvgIpc) is 2.40. The molecule has 2 N–H and O–H groups in total. The van der Waals surface area contributed by atoms with Gasteiger partial charge in [-0.1, -0.05) is 44.2 Å². The van der Waals surface area contributed by atoms with Gasteiger partial charge in [0.05, 0.1) is 5.69 Å². The number of hydrogen-bond acceptors (Lipinski definition) is 3. The second-order valence-corrected chi connectivity index (χ2v) is 6.41. The second kappa shape index (κ2) is 5.82. The van der Waals surface area contributed by atoms with Gasteiger partial charge in [-0.25, -0.2) is 4.68 Å². The molecule has 0 bridgehead atoms. The summed E-state index contributed by atoms with van der Waals surface area (Å²) in [6.45, 7) is 8.41. The van der Waals surface area contributed by atoms with Gasteiger partial charge < -0.3 is 5.73 Å². The van der Waals surface area contributed by atoms with Gasteiger partial charge in [0.15, 0.2) is 0 Å². The van der Waals surface area contributed by atoms with Gasteiger partial charge in [-0.15, -0.1) is 0 Å². The van der Waals surface area contributed by atoms with E-state index in [4.69, 9.17) is 5.73 Å². The van der Waals surface area contributed by atoms with Crippen LogP contribution in [0.15, 0.2) is 41.2 Å². The summed E-state index contributed by atoms with van der Waals surface area (Å²) in [4.78, 5) is 12.6. The zero-order valence-corrected chi connectivity index (χ0v) is 13.1. The van der Waals surface area contributed by atoms with E-state index in [1.54, 1.807) is 0 Å². The summed E-state index contributed by atoms with van der Waals surface area (Å²) < 4.78 is 1.54. The largest absolute Gasteiger partial charge is 0.322 e. The van der Waals surface area contributed by atoms with Crippen LogP contribution in [-0.2, 0) is 12.1 Å². The van der Waals surface area contributed by atoms with E-state index in [1.165, 1.54) is 4.68 Å². The monoisotopic (exact) mass is 285 g/mol.